The van der Waals surface area contributed by atoms with Crippen LogP contribution in [-0.2, 0) is 14.3 Å². The number of ketones is 1. The van der Waals surface area contributed by atoms with E-state index in [1.54, 1.807) is 37.3 Å². The van der Waals surface area contributed by atoms with Crippen LogP contribution in [0.15, 0.2) is 60.7 Å². The van der Waals surface area contributed by atoms with Gasteiger partial charge in [0.1, 0.15) is 11.7 Å². The average Bonchev–Trinajstić information content (AvgIpc) is 2.68. The van der Waals surface area contributed by atoms with Crippen molar-refractivity contribution in [2.75, 3.05) is 11.5 Å². The summed E-state index contributed by atoms with van der Waals surface area (Å²) in [6.45, 7) is 3.21. The molecule has 0 aromatic heterocycles. The Morgan fingerprint density at radius 3 is 2.37 bits per heavy atom. The molecule has 0 bridgehead atoms. The lowest BCUT2D eigenvalue weighted by atomic mass is 9.89. The van der Waals surface area contributed by atoms with Gasteiger partial charge in [0.2, 0.25) is 0 Å². The molecule has 2 aromatic rings. The van der Waals surface area contributed by atoms with Crippen LogP contribution in [0.5, 0.6) is 0 Å². The molecular weight excluding hydrogens is 342 g/mol. The lowest BCUT2D eigenvalue weighted by Gasteiger charge is -2.36. The number of Topliss-reactive ketones (excluding diaryl/α,β-unsaturated/α-hetero) is 1. The Labute approximate surface area is 158 Å². The lowest BCUT2D eigenvalue weighted by Crippen LogP contribution is -2.50. The summed E-state index contributed by atoms with van der Waals surface area (Å²) in [6, 6.07) is 15.5. The van der Waals surface area contributed by atoms with Gasteiger partial charge in [-0.3, -0.25) is 19.3 Å². The highest BCUT2D eigenvalue weighted by molar-refractivity contribution is 6.10. The summed E-state index contributed by atoms with van der Waals surface area (Å²) in [5.74, 6) is -2.31. The van der Waals surface area contributed by atoms with Gasteiger partial charge >= 0.3 is 5.97 Å². The summed E-state index contributed by atoms with van der Waals surface area (Å²) in [7, 11) is 0. The summed E-state index contributed by atoms with van der Waals surface area (Å²) in [5.41, 5.74) is 2.00. The maximum Gasteiger partial charge on any atom is 0.318 e. The molecule has 2 atom stereocenters. The van der Waals surface area contributed by atoms with Crippen molar-refractivity contribution in [3.05, 3.63) is 71.8 Å². The molecule has 2 aromatic carbocycles. The van der Waals surface area contributed by atoms with E-state index in [9.17, 15) is 14.4 Å². The van der Waals surface area contributed by atoms with E-state index in [0.717, 1.165) is 5.56 Å². The Kier molecular flexibility index (Phi) is 5.50. The maximum atomic E-state index is 13.3. The number of amides is 1. The molecule has 1 aliphatic heterocycles. The number of para-hydroxylation sites is 1. The Bertz CT molecular complexity index is 888. The molecule has 1 aliphatic rings. The second-order valence-electron chi connectivity index (χ2n) is 6.29. The van der Waals surface area contributed by atoms with E-state index in [1.807, 2.05) is 36.4 Å². The number of hydrogen-bond donors (Lipinski definition) is 0. The van der Waals surface area contributed by atoms with Crippen molar-refractivity contribution in [3.8, 4) is 0 Å². The first-order chi connectivity index (χ1) is 13.0. The van der Waals surface area contributed by atoms with E-state index in [0.29, 0.717) is 11.3 Å². The third-order valence-electron chi connectivity index (χ3n) is 4.53. The van der Waals surface area contributed by atoms with Crippen LogP contribution in [-0.4, -0.2) is 30.3 Å². The minimum Gasteiger partial charge on any atom is -0.465 e. The maximum absolute atomic E-state index is 13.3. The van der Waals surface area contributed by atoms with Crippen LogP contribution in [0.1, 0.15) is 29.8 Å². The van der Waals surface area contributed by atoms with E-state index in [-0.39, 0.29) is 18.3 Å². The van der Waals surface area contributed by atoms with Gasteiger partial charge in [-0.05, 0) is 37.6 Å². The van der Waals surface area contributed by atoms with E-state index in [1.165, 1.54) is 11.8 Å². The Balaban J connectivity index is 2.10. The summed E-state index contributed by atoms with van der Waals surface area (Å²) >= 11 is 0. The number of carbonyl (C=O) groups excluding carboxylic acids is 3. The van der Waals surface area contributed by atoms with Gasteiger partial charge in [0.25, 0.3) is 5.91 Å². The second kappa shape index (κ2) is 7.99. The fraction of sp³-hybridized carbons (Fsp3) is 0.227. The topological polar surface area (TPSA) is 63.7 Å². The minimum absolute atomic E-state index is 0.169. The molecule has 1 heterocycles. The molecule has 0 fully saturated rings. The predicted molar refractivity (Wildman–Crippen MR) is 103 cm³/mol. The van der Waals surface area contributed by atoms with Gasteiger partial charge in [0, 0.05) is 5.56 Å². The van der Waals surface area contributed by atoms with Gasteiger partial charge in [0.05, 0.1) is 18.3 Å². The molecule has 0 unspecified atom stereocenters. The Morgan fingerprint density at radius 2 is 1.70 bits per heavy atom. The number of nitrogens with zero attached hydrogens (tertiary/aromatic N) is 1. The van der Waals surface area contributed by atoms with E-state index >= 15 is 0 Å². The molecule has 27 heavy (non-hydrogen) atoms. The third-order valence-corrected chi connectivity index (χ3v) is 4.53. The van der Waals surface area contributed by atoms with Crippen molar-refractivity contribution in [2.24, 2.45) is 5.92 Å². The summed E-state index contributed by atoms with van der Waals surface area (Å²) in [4.78, 5) is 39.6. The van der Waals surface area contributed by atoms with Gasteiger partial charge in [-0.1, -0.05) is 48.6 Å². The number of benzene rings is 2. The van der Waals surface area contributed by atoms with Crippen molar-refractivity contribution < 1.29 is 19.1 Å². The summed E-state index contributed by atoms with van der Waals surface area (Å²) < 4.78 is 5.11. The van der Waals surface area contributed by atoms with Crippen LogP contribution in [0, 0.1) is 5.92 Å². The molecule has 0 N–H and O–H groups in total. The predicted octanol–water partition coefficient (Wildman–Crippen LogP) is 3.50. The summed E-state index contributed by atoms with van der Waals surface area (Å²) in [6.07, 6.45) is 3.57. The van der Waals surface area contributed by atoms with E-state index in [4.69, 9.17) is 4.74 Å². The van der Waals surface area contributed by atoms with Crippen LogP contribution in [0.2, 0.25) is 0 Å². The van der Waals surface area contributed by atoms with Crippen molar-refractivity contribution >= 4 is 29.4 Å². The third kappa shape index (κ3) is 3.67. The van der Waals surface area contributed by atoms with Crippen LogP contribution in [0.4, 0.5) is 5.69 Å². The summed E-state index contributed by atoms with van der Waals surface area (Å²) in [5, 5.41) is 0. The second-order valence-corrected chi connectivity index (χ2v) is 6.29. The van der Waals surface area contributed by atoms with Crippen LogP contribution < -0.4 is 4.90 Å². The average molecular weight is 363 g/mol. The molecular formula is C22H21NO4. The molecule has 0 saturated carbocycles. The molecule has 138 valence electrons. The minimum atomic E-state index is -1.08. The van der Waals surface area contributed by atoms with Crippen LogP contribution in [0.25, 0.3) is 6.08 Å². The highest BCUT2D eigenvalue weighted by Gasteiger charge is 2.40. The molecule has 3 rings (SSSR count). The van der Waals surface area contributed by atoms with Gasteiger partial charge in [0.15, 0.2) is 0 Å². The highest BCUT2D eigenvalue weighted by atomic mass is 16.5. The fourth-order valence-corrected chi connectivity index (χ4v) is 3.30. The Morgan fingerprint density at radius 1 is 1.04 bits per heavy atom. The number of esters is 1. The number of ether oxygens (including phenoxy) is 1. The van der Waals surface area contributed by atoms with Crippen molar-refractivity contribution in [1.82, 2.24) is 0 Å². The number of anilines is 1. The number of hydrogen-bond acceptors (Lipinski definition) is 4. The lowest BCUT2D eigenvalue weighted by molar-refractivity contribution is -0.151. The largest absolute Gasteiger partial charge is 0.465 e. The van der Waals surface area contributed by atoms with Crippen molar-refractivity contribution in [2.45, 2.75) is 19.9 Å². The van der Waals surface area contributed by atoms with E-state index in [2.05, 4.69) is 0 Å². The molecule has 5 nitrogen and oxygen atoms in total. The first kappa shape index (κ1) is 18.6. The number of fused-ring (bicyclic) bond motifs is 1. The Hall–Kier alpha value is -3.21. The number of rotatable bonds is 5. The first-order valence-corrected chi connectivity index (χ1v) is 8.87. The van der Waals surface area contributed by atoms with Gasteiger partial charge in [-0.25, -0.2) is 0 Å². The van der Waals surface area contributed by atoms with Gasteiger partial charge in [-0.2, -0.15) is 0 Å². The smallest absolute Gasteiger partial charge is 0.318 e. The monoisotopic (exact) mass is 363 g/mol. The molecule has 0 aliphatic carbocycles. The fourth-order valence-electron chi connectivity index (χ4n) is 3.30. The molecule has 1 amide bonds. The quantitative estimate of drug-likeness (QED) is 0.602. The standard InChI is InChI=1S/C22H21NO4/c1-3-27-22(26)20(15(2)24)19-14-13-16-9-7-8-12-18(16)23(19)21(25)17-10-5-4-6-11-17/h4-14,19-20H,3H2,1-2H3/t19-,20+/m1/s1. The van der Waals surface area contributed by atoms with Crippen LogP contribution in [0.3, 0.4) is 0 Å². The van der Waals surface area contributed by atoms with Gasteiger partial charge < -0.3 is 4.74 Å². The molecule has 0 spiro atoms. The van der Waals surface area contributed by atoms with Crippen molar-refractivity contribution in [1.29, 1.82) is 0 Å². The van der Waals surface area contributed by atoms with Gasteiger partial charge in [-0.15, -0.1) is 0 Å². The zero-order valence-electron chi connectivity index (χ0n) is 15.3. The molecule has 0 saturated heterocycles. The zero-order valence-corrected chi connectivity index (χ0v) is 15.3. The van der Waals surface area contributed by atoms with E-state index < -0.39 is 17.9 Å². The first-order valence-electron chi connectivity index (χ1n) is 8.87. The SMILES string of the molecule is CCOC(=O)[C@@H](C(C)=O)[C@H]1C=Cc2ccccc2N1C(=O)c1ccccc1. The van der Waals surface area contributed by atoms with Crippen molar-refractivity contribution in [3.63, 3.8) is 0 Å². The number of carbonyl (C=O) groups is 3. The highest BCUT2D eigenvalue weighted by Crippen LogP contribution is 2.33. The normalized spacial score (nSPS) is 16.4. The zero-order chi connectivity index (χ0) is 19.4. The van der Waals surface area contributed by atoms with Crippen LogP contribution >= 0.6 is 0 Å². The molecule has 0 radical (unpaired) electrons. The molecule has 5 heteroatoms.